The third-order valence-corrected chi connectivity index (χ3v) is 8.65. The highest BCUT2D eigenvalue weighted by Gasteiger charge is 2.52. The van der Waals surface area contributed by atoms with E-state index in [1.54, 1.807) is 50.6 Å². The number of rotatable bonds is 6. The average molecular weight is 512 g/mol. The Labute approximate surface area is 208 Å². The van der Waals surface area contributed by atoms with E-state index >= 15 is 0 Å². The molecule has 2 aromatic carbocycles. The average Bonchev–Trinajstić information content (AvgIpc) is 3.33. The molecule has 0 saturated carbocycles. The summed E-state index contributed by atoms with van der Waals surface area (Å²) in [4.78, 5) is 51.5. The van der Waals surface area contributed by atoms with Crippen molar-refractivity contribution >= 4 is 46.5 Å². The molecule has 0 radical (unpaired) electrons. The number of nitrogens with zero attached hydrogens (tertiary/aromatic N) is 1. The van der Waals surface area contributed by atoms with E-state index in [-0.39, 0.29) is 29.1 Å². The molecule has 1 fully saturated rings. The lowest BCUT2D eigenvalue weighted by Gasteiger charge is -2.30. The molecule has 35 heavy (non-hydrogen) atoms. The quantitative estimate of drug-likeness (QED) is 0.489. The molecule has 3 atom stereocenters. The maximum absolute atomic E-state index is 13.0. The molecule has 0 spiro atoms. The summed E-state index contributed by atoms with van der Waals surface area (Å²) in [6, 6.07) is 14.1. The van der Waals surface area contributed by atoms with Crippen molar-refractivity contribution in [2.24, 2.45) is 5.92 Å². The van der Waals surface area contributed by atoms with Crippen LogP contribution in [0, 0.1) is 5.92 Å². The fourth-order valence-electron chi connectivity index (χ4n) is 4.36. The number of thiazole rings is 1. The number of fused-ring (bicyclic) bond motifs is 2. The third kappa shape index (κ3) is 4.21. The molecule has 2 aliphatic rings. The molecule has 0 aliphatic carbocycles. The van der Waals surface area contributed by atoms with Gasteiger partial charge in [0, 0.05) is 16.5 Å². The van der Waals surface area contributed by atoms with Gasteiger partial charge in [-0.05, 0) is 42.0 Å². The van der Waals surface area contributed by atoms with Crippen LogP contribution in [0.5, 0.6) is 11.5 Å². The van der Waals surface area contributed by atoms with Crippen LogP contribution in [0.4, 0.5) is 5.69 Å². The topological polar surface area (TPSA) is 116 Å². The minimum absolute atomic E-state index is 0.216. The number of methoxy groups -OCH3 is 2. The number of benzene rings is 2. The first-order chi connectivity index (χ1) is 16.9. The van der Waals surface area contributed by atoms with Crippen LogP contribution in [0.25, 0.3) is 0 Å². The highest BCUT2D eigenvalue weighted by Crippen LogP contribution is 2.51. The molecule has 1 aromatic heterocycles. The summed E-state index contributed by atoms with van der Waals surface area (Å²) in [6.07, 6.45) is 0. The van der Waals surface area contributed by atoms with Crippen molar-refractivity contribution in [3.8, 4) is 11.5 Å². The molecule has 11 heteroatoms. The Bertz CT molecular complexity index is 1360. The van der Waals surface area contributed by atoms with Gasteiger partial charge in [-0.15, -0.1) is 0 Å². The number of carbonyl (C=O) groups is 3. The first-order valence-electron chi connectivity index (χ1n) is 10.7. The normalized spacial score (nSPS) is 20.6. The van der Waals surface area contributed by atoms with Gasteiger partial charge in [0.15, 0.2) is 0 Å². The van der Waals surface area contributed by atoms with Gasteiger partial charge >= 0.3 is 4.87 Å². The Morgan fingerprint density at radius 1 is 0.971 bits per heavy atom. The number of carbonyl (C=O) groups excluding carboxylic acids is 3. The number of thioether (sulfide) groups is 1. The van der Waals surface area contributed by atoms with Gasteiger partial charge in [-0.2, -0.15) is 0 Å². The van der Waals surface area contributed by atoms with Crippen molar-refractivity contribution in [1.82, 2.24) is 9.88 Å². The van der Waals surface area contributed by atoms with E-state index in [0.29, 0.717) is 27.1 Å². The maximum atomic E-state index is 13.0. The Morgan fingerprint density at radius 3 is 2.23 bits per heavy atom. The molecule has 0 unspecified atom stereocenters. The van der Waals surface area contributed by atoms with Gasteiger partial charge in [-0.25, -0.2) is 0 Å². The van der Waals surface area contributed by atoms with Crippen LogP contribution in [0.15, 0.2) is 58.4 Å². The van der Waals surface area contributed by atoms with Crippen molar-refractivity contribution in [1.29, 1.82) is 0 Å². The van der Waals surface area contributed by atoms with E-state index in [4.69, 9.17) is 9.47 Å². The van der Waals surface area contributed by atoms with Gasteiger partial charge in [-0.1, -0.05) is 35.2 Å². The van der Waals surface area contributed by atoms with Crippen molar-refractivity contribution in [2.45, 2.75) is 22.7 Å². The predicted molar refractivity (Wildman–Crippen MR) is 131 cm³/mol. The number of hydrogen-bond acceptors (Lipinski definition) is 8. The van der Waals surface area contributed by atoms with E-state index in [2.05, 4.69) is 10.6 Å². The molecule has 0 bridgehead atoms. The molecule has 3 heterocycles. The SMILES string of the molecule is COc1ccc(NC(=O)Cn2c3c(sc2=O)[C@@H](c2ccc(OC)cc2)[C@H]2C(=O)NC(=O)[C@H]2S3)cc1. The second kappa shape index (κ2) is 9.23. The Morgan fingerprint density at radius 2 is 1.60 bits per heavy atom. The summed E-state index contributed by atoms with van der Waals surface area (Å²) in [5.41, 5.74) is 1.36. The largest absolute Gasteiger partial charge is 0.497 e. The number of hydrogen-bond donors (Lipinski definition) is 2. The van der Waals surface area contributed by atoms with Crippen LogP contribution in [0.3, 0.4) is 0 Å². The van der Waals surface area contributed by atoms with E-state index in [9.17, 15) is 19.2 Å². The third-order valence-electron chi connectivity index (χ3n) is 6.04. The van der Waals surface area contributed by atoms with Gasteiger partial charge in [0.05, 0.1) is 25.2 Å². The fourth-order valence-corrected chi connectivity index (χ4v) is 7.10. The lowest BCUT2D eigenvalue weighted by molar-refractivity contribution is -0.126. The van der Waals surface area contributed by atoms with Crippen LogP contribution in [-0.2, 0) is 20.9 Å². The van der Waals surface area contributed by atoms with E-state index < -0.39 is 17.1 Å². The minimum Gasteiger partial charge on any atom is -0.497 e. The summed E-state index contributed by atoms with van der Waals surface area (Å²) < 4.78 is 11.7. The molecule has 3 amide bonds. The second-order valence-electron chi connectivity index (χ2n) is 8.07. The standard InChI is InChI=1S/C24H21N3O6S2/c1-32-14-7-3-12(4-8-14)17-18-19(22(30)26-21(18)29)34-23-20(17)35-24(31)27(23)11-16(28)25-13-5-9-15(33-2)10-6-13/h3-10,17-19H,11H2,1-2H3,(H,25,28)(H,26,29,30)/t17-,18+,19-/m0/s1. The van der Waals surface area contributed by atoms with E-state index in [1.165, 1.54) is 16.3 Å². The lowest BCUT2D eigenvalue weighted by Crippen LogP contribution is -2.32. The zero-order valence-corrected chi connectivity index (χ0v) is 20.4. The van der Waals surface area contributed by atoms with E-state index in [1.807, 2.05) is 12.1 Å². The van der Waals surface area contributed by atoms with Gasteiger partial charge in [-0.3, -0.25) is 29.1 Å². The highest BCUT2D eigenvalue weighted by atomic mass is 32.2. The summed E-state index contributed by atoms with van der Waals surface area (Å²) in [6.45, 7) is -0.216. The van der Waals surface area contributed by atoms with Crippen LogP contribution < -0.4 is 25.0 Å². The van der Waals surface area contributed by atoms with Crippen molar-refractivity contribution in [2.75, 3.05) is 19.5 Å². The summed E-state index contributed by atoms with van der Waals surface area (Å²) in [7, 11) is 3.12. The maximum Gasteiger partial charge on any atom is 0.308 e. The molecular formula is C24H21N3O6S2. The van der Waals surface area contributed by atoms with Crippen LogP contribution in [0.2, 0.25) is 0 Å². The molecular weight excluding hydrogens is 490 g/mol. The van der Waals surface area contributed by atoms with Crippen LogP contribution in [-0.4, -0.2) is 41.8 Å². The van der Waals surface area contributed by atoms with Gasteiger partial charge < -0.3 is 14.8 Å². The second-order valence-corrected chi connectivity index (χ2v) is 10.2. The Balaban J connectivity index is 1.49. The minimum atomic E-state index is -0.688. The van der Waals surface area contributed by atoms with Gasteiger partial charge in [0.25, 0.3) is 0 Å². The summed E-state index contributed by atoms with van der Waals surface area (Å²) >= 11 is 2.17. The number of aromatic nitrogens is 1. The monoisotopic (exact) mass is 511 g/mol. The first kappa shape index (κ1) is 23.2. The van der Waals surface area contributed by atoms with Crippen LogP contribution >= 0.6 is 23.1 Å². The zero-order valence-electron chi connectivity index (χ0n) is 18.8. The first-order valence-corrected chi connectivity index (χ1v) is 12.4. The number of anilines is 1. The molecule has 9 nitrogen and oxygen atoms in total. The molecule has 2 N–H and O–H groups in total. The Kier molecular flexibility index (Phi) is 6.12. The smallest absolute Gasteiger partial charge is 0.308 e. The summed E-state index contributed by atoms with van der Waals surface area (Å²) in [5, 5.41) is 5.05. The number of ether oxygens (including phenoxy) is 2. The van der Waals surface area contributed by atoms with Crippen LogP contribution in [0.1, 0.15) is 16.4 Å². The predicted octanol–water partition coefficient (Wildman–Crippen LogP) is 2.44. The van der Waals surface area contributed by atoms with Gasteiger partial charge in [0.1, 0.15) is 23.3 Å². The van der Waals surface area contributed by atoms with E-state index in [0.717, 1.165) is 16.9 Å². The lowest BCUT2D eigenvalue weighted by atomic mass is 9.83. The highest BCUT2D eigenvalue weighted by molar-refractivity contribution is 8.00. The van der Waals surface area contributed by atoms with Crippen molar-refractivity contribution in [3.63, 3.8) is 0 Å². The number of nitrogens with one attached hydrogen (secondary N) is 2. The molecule has 3 aromatic rings. The Hall–Kier alpha value is -3.57. The molecule has 2 aliphatic heterocycles. The van der Waals surface area contributed by atoms with Crippen molar-refractivity contribution in [3.05, 3.63) is 68.6 Å². The molecule has 1 saturated heterocycles. The van der Waals surface area contributed by atoms with Gasteiger partial charge in [0.2, 0.25) is 17.7 Å². The fraction of sp³-hybridized carbons (Fsp3) is 0.250. The molecule has 180 valence electrons. The van der Waals surface area contributed by atoms with Crippen molar-refractivity contribution < 1.29 is 23.9 Å². The zero-order chi connectivity index (χ0) is 24.7. The number of imide groups is 1. The molecule has 5 rings (SSSR count). The summed E-state index contributed by atoms with van der Waals surface area (Å²) in [5.74, 6) is -0.945. The number of amides is 3.